The van der Waals surface area contributed by atoms with E-state index in [1.54, 1.807) is 0 Å². The van der Waals surface area contributed by atoms with Crippen LogP contribution in [0.4, 0.5) is 0 Å². The van der Waals surface area contributed by atoms with Crippen molar-refractivity contribution in [2.24, 2.45) is 0 Å². The molecular formula is C6H14ClNO. The number of rotatable bonds is 1. The van der Waals surface area contributed by atoms with Crippen LogP contribution in [0.2, 0.25) is 0 Å². The number of aliphatic hydroxyl groups is 1. The predicted molar refractivity (Wildman–Crippen MR) is 40.0 cm³/mol. The first kappa shape index (κ1) is 9.21. The van der Waals surface area contributed by atoms with E-state index in [1.165, 1.54) is 0 Å². The van der Waals surface area contributed by atoms with Crippen molar-refractivity contribution in [3.63, 3.8) is 0 Å². The molecule has 1 rings (SSSR count). The first-order valence-electron chi connectivity index (χ1n) is 3.24. The number of hydrogen-bond donors (Lipinski definition) is 2. The van der Waals surface area contributed by atoms with Crippen LogP contribution in [-0.2, 0) is 0 Å². The Balaban J connectivity index is 0.000000640. The topological polar surface area (TPSA) is 32.3 Å². The molecule has 0 aromatic rings. The highest BCUT2D eigenvalue weighted by Crippen LogP contribution is 2.07. The molecule has 9 heavy (non-hydrogen) atoms. The molecular weight excluding hydrogens is 138 g/mol. The molecule has 3 heteroatoms. The van der Waals surface area contributed by atoms with Crippen LogP contribution in [0.15, 0.2) is 0 Å². The van der Waals surface area contributed by atoms with E-state index in [2.05, 4.69) is 12.2 Å². The maximum Gasteiger partial charge on any atom is 0.0679 e. The van der Waals surface area contributed by atoms with E-state index in [-0.39, 0.29) is 18.5 Å². The lowest BCUT2D eigenvalue weighted by Crippen LogP contribution is -2.19. The fraction of sp³-hybridized carbons (Fsp3) is 1.00. The summed E-state index contributed by atoms with van der Waals surface area (Å²) in [6, 6.07) is 0.574. The van der Waals surface area contributed by atoms with Gasteiger partial charge in [-0.05, 0) is 12.8 Å². The SMILES string of the molecule is CCC1CC(O)CN1.Cl. The summed E-state index contributed by atoms with van der Waals surface area (Å²) in [5.74, 6) is 0. The smallest absolute Gasteiger partial charge is 0.0679 e. The molecule has 0 aromatic carbocycles. The van der Waals surface area contributed by atoms with Gasteiger partial charge in [-0.15, -0.1) is 12.4 Å². The number of halogens is 1. The van der Waals surface area contributed by atoms with Gasteiger partial charge >= 0.3 is 0 Å². The summed E-state index contributed by atoms with van der Waals surface area (Å²) in [5, 5.41) is 12.2. The second-order valence-corrected chi connectivity index (χ2v) is 2.40. The summed E-state index contributed by atoms with van der Waals surface area (Å²) in [7, 11) is 0. The third-order valence-corrected chi connectivity index (χ3v) is 1.69. The van der Waals surface area contributed by atoms with Gasteiger partial charge in [-0.1, -0.05) is 6.92 Å². The highest BCUT2D eigenvalue weighted by Gasteiger charge is 2.19. The third-order valence-electron chi connectivity index (χ3n) is 1.69. The predicted octanol–water partition coefficient (Wildman–Crippen LogP) is 0.541. The molecule has 0 radical (unpaired) electrons. The van der Waals surface area contributed by atoms with Crippen molar-refractivity contribution in [3.05, 3.63) is 0 Å². The largest absolute Gasteiger partial charge is 0.392 e. The maximum absolute atomic E-state index is 8.97. The molecule has 2 unspecified atom stereocenters. The van der Waals surface area contributed by atoms with Crippen LogP contribution in [-0.4, -0.2) is 23.8 Å². The molecule has 0 aromatic heterocycles. The molecule has 2 nitrogen and oxygen atoms in total. The average Bonchev–Trinajstić information content (AvgIpc) is 2.14. The molecule has 0 spiro atoms. The van der Waals surface area contributed by atoms with Gasteiger partial charge in [-0.25, -0.2) is 0 Å². The van der Waals surface area contributed by atoms with Gasteiger partial charge in [-0.2, -0.15) is 0 Å². The second kappa shape index (κ2) is 4.09. The van der Waals surface area contributed by atoms with E-state index >= 15 is 0 Å². The van der Waals surface area contributed by atoms with E-state index in [9.17, 15) is 0 Å². The Bertz CT molecular complexity index is 79.5. The number of hydrogen-bond acceptors (Lipinski definition) is 2. The van der Waals surface area contributed by atoms with Gasteiger partial charge in [0.15, 0.2) is 0 Å². The monoisotopic (exact) mass is 151 g/mol. The van der Waals surface area contributed by atoms with Crippen molar-refractivity contribution >= 4 is 12.4 Å². The van der Waals surface area contributed by atoms with Crippen LogP contribution in [0, 0.1) is 0 Å². The Hall–Kier alpha value is 0.210. The lowest BCUT2D eigenvalue weighted by Gasteiger charge is -2.02. The minimum Gasteiger partial charge on any atom is -0.392 e. The summed E-state index contributed by atoms with van der Waals surface area (Å²) in [6.45, 7) is 2.92. The summed E-state index contributed by atoms with van der Waals surface area (Å²) in [5.41, 5.74) is 0. The van der Waals surface area contributed by atoms with Gasteiger partial charge < -0.3 is 10.4 Å². The zero-order valence-electron chi connectivity index (χ0n) is 5.63. The first-order chi connectivity index (χ1) is 3.83. The van der Waals surface area contributed by atoms with Gasteiger partial charge in [0.1, 0.15) is 0 Å². The van der Waals surface area contributed by atoms with E-state index < -0.39 is 0 Å². The van der Waals surface area contributed by atoms with Gasteiger partial charge in [-0.3, -0.25) is 0 Å². The van der Waals surface area contributed by atoms with E-state index in [0.29, 0.717) is 6.04 Å². The van der Waals surface area contributed by atoms with E-state index in [0.717, 1.165) is 19.4 Å². The average molecular weight is 152 g/mol. The van der Waals surface area contributed by atoms with Crippen molar-refractivity contribution in [3.8, 4) is 0 Å². The van der Waals surface area contributed by atoms with Crippen molar-refractivity contribution in [2.75, 3.05) is 6.54 Å². The maximum atomic E-state index is 8.97. The van der Waals surface area contributed by atoms with Gasteiger partial charge in [0.2, 0.25) is 0 Å². The molecule has 0 bridgehead atoms. The summed E-state index contributed by atoms with van der Waals surface area (Å²) < 4.78 is 0. The molecule has 2 N–H and O–H groups in total. The molecule has 0 aliphatic carbocycles. The normalized spacial score (nSPS) is 34.0. The lowest BCUT2D eigenvalue weighted by atomic mass is 10.2. The zero-order chi connectivity index (χ0) is 5.98. The van der Waals surface area contributed by atoms with Crippen LogP contribution < -0.4 is 5.32 Å². The molecule has 1 fully saturated rings. The fourth-order valence-electron chi connectivity index (χ4n) is 1.11. The Labute approximate surface area is 62.1 Å². The number of nitrogens with one attached hydrogen (secondary N) is 1. The molecule has 1 aliphatic rings. The Morgan fingerprint density at radius 2 is 2.33 bits per heavy atom. The van der Waals surface area contributed by atoms with Crippen LogP contribution in [0.3, 0.4) is 0 Å². The minimum absolute atomic E-state index is 0. The molecule has 2 atom stereocenters. The van der Waals surface area contributed by atoms with Crippen LogP contribution in [0.5, 0.6) is 0 Å². The summed E-state index contributed by atoms with van der Waals surface area (Å²) >= 11 is 0. The van der Waals surface area contributed by atoms with Gasteiger partial charge in [0, 0.05) is 12.6 Å². The van der Waals surface area contributed by atoms with Crippen LogP contribution >= 0.6 is 12.4 Å². The molecule has 56 valence electrons. The minimum atomic E-state index is -0.0834. The quantitative estimate of drug-likeness (QED) is 0.574. The standard InChI is InChI=1S/C6H13NO.ClH/c1-2-5-3-6(8)4-7-5;/h5-8H,2-4H2,1H3;1H. The molecule has 1 aliphatic heterocycles. The first-order valence-corrected chi connectivity index (χ1v) is 3.24. The summed E-state index contributed by atoms with van der Waals surface area (Å²) in [6.07, 6.45) is 1.99. The molecule has 1 saturated heterocycles. The fourth-order valence-corrected chi connectivity index (χ4v) is 1.11. The van der Waals surface area contributed by atoms with Crippen LogP contribution in [0.25, 0.3) is 0 Å². The highest BCUT2D eigenvalue weighted by atomic mass is 35.5. The highest BCUT2D eigenvalue weighted by molar-refractivity contribution is 5.85. The molecule has 0 amide bonds. The van der Waals surface area contributed by atoms with Crippen molar-refractivity contribution in [1.29, 1.82) is 0 Å². The lowest BCUT2D eigenvalue weighted by molar-refractivity contribution is 0.193. The van der Waals surface area contributed by atoms with E-state index in [4.69, 9.17) is 5.11 Å². The number of β-amino-alcohol motifs (C(OH)–C–C–N with tert-alkyl or cyclic N) is 1. The second-order valence-electron chi connectivity index (χ2n) is 2.40. The number of aliphatic hydroxyl groups excluding tert-OH is 1. The van der Waals surface area contributed by atoms with Crippen LogP contribution in [0.1, 0.15) is 19.8 Å². The third kappa shape index (κ3) is 2.52. The Morgan fingerprint density at radius 1 is 1.67 bits per heavy atom. The Morgan fingerprint density at radius 3 is 2.56 bits per heavy atom. The van der Waals surface area contributed by atoms with Gasteiger partial charge in [0.05, 0.1) is 6.10 Å². The molecule has 1 heterocycles. The van der Waals surface area contributed by atoms with Gasteiger partial charge in [0.25, 0.3) is 0 Å². The summed E-state index contributed by atoms with van der Waals surface area (Å²) in [4.78, 5) is 0. The van der Waals surface area contributed by atoms with E-state index in [1.807, 2.05) is 0 Å². The van der Waals surface area contributed by atoms with Crippen molar-refractivity contribution < 1.29 is 5.11 Å². The zero-order valence-corrected chi connectivity index (χ0v) is 6.45. The Kier molecular flexibility index (Phi) is 4.19. The molecule has 0 saturated carbocycles. The van der Waals surface area contributed by atoms with Crippen molar-refractivity contribution in [1.82, 2.24) is 5.32 Å². The van der Waals surface area contributed by atoms with Crippen molar-refractivity contribution in [2.45, 2.75) is 31.9 Å².